The Labute approximate surface area is 101 Å². The van der Waals surface area contributed by atoms with E-state index in [1.54, 1.807) is 0 Å². The summed E-state index contributed by atoms with van der Waals surface area (Å²) in [4.78, 5) is 4.39. The average molecular weight is 237 g/mol. The standard InChI is InChI=1S/C12H19N3O2/c1-2-6-13-10(3-1)12-14-11(17-15-12)8-16-7-9-4-5-9/h9-10,13H,1-8H2/t10-/m0/s1. The van der Waals surface area contributed by atoms with Crippen LogP contribution in [-0.4, -0.2) is 23.3 Å². The molecule has 1 aliphatic carbocycles. The first-order valence-corrected chi connectivity index (χ1v) is 6.55. The van der Waals surface area contributed by atoms with Gasteiger partial charge in [-0.15, -0.1) is 0 Å². The van der Waals surface area contributed by atoms with Crippen LogP contribution in [0.2, 0.25) is 0 Å². The molecule has 1 saturated heterocycles. The van der Waals surface area contributed by atoms with E-state index in [4.69, 9.17) is 9.26 Å². The lowest BCUT2D eigenvalue weighted by Crippen LogP contribution is -2.27. The Balaban J connectivity index is 1.49. The summed E-state index contributed by atoms with van der Waals surface area (Å²) in [6.07, 6.45) is 6.19. The van der Waals surface area contributed by atoms with Crippen molar-refractivity contribution in [1.82, 2.24) is 15.5 Å². The first kappa shape index (κ1) is 11.2. The second kappa shape index (κ2) is 5.14. The van der Waals surface area contributed by atoms with Crippen molar-refractivity contribution in [1.29, 1.82) is 0 Å². The maximum Gasteiger partial charge on any atom is 0.252 e. The third-order valence-corrected chi connectivity index (χ3v) is 3.38. The topological polar surface area (TPSA) is 60.2 Å². The molecule has 1 N–H and O–H groups in total. The van der Waals surface area contributed by atoms with Crippen molar-refractivity contribution in [2.75, 3.05) is 13.2 Å². The molecule has 1 atom stereocenters. The zero-order valence-electron chi connectivity index (χ0n) is 10.0. The zero-order valence-corrected chi connectivity index (χ0v) is 10.0. The average Bonchev–Trinajstić information content (AvgIpc) is 3.07. The van der Waals surface area contributed by atoms with E-state index in [1.807, 2.05) is 0 Å². The van der Waals surface area contributed by atoms with E-state index >= 15 is 0 Å². The Kier molecular flexibility index (Phi) is 3.38. The number of rotatable bonds is 5. The van der Waals surface area contributed by atoms with Gasteiger partial charge in [0.25, 0.3) is 5.89 Å². The van der Waals surface area contributed by atoms with Crippen molar-refractivity contribution in [2.45, 2.75) is 44.8 Å². The molecule has 2 fully saturated rings. The van der Waals surface area contributed by atoms with E-state index in [1.165, 1.54) is 25.7 Å². The number of piperidine rings is 1. The van der Waals surface area contributed by atoms with Gasteiger partial charge in [-0.05, 0) is 38.1 Å². The molecule has 94 valence electrons. The van der Waals surface area contributed by atoms with Crippen molar-refractivity contribution < 1.29 is 9.26 Å². The second-order valence-corrected chi connectivity index (χ2v) is 5.01. The van der Waals surface area contributed by atoms with E-state index in [2.05, 4.69) is 15.5 Å². The smallest absolute Gasteiger partial charge is 0.252 e. The van der Waals surface area contributed by atoms with Crippen LogP contribution in [0.4, 0.5) is 0 Å². The molecule has 2 aliphatic rings. The van der Waals surface area contributed by atoms with Gasteiger partial charge in [0.2, 0.25) is 0 Å². The minimum atomic E-state index is 0.268. The molecule has 5 heteroatoms. The van der Waals surface area contributed by atoms with Crippen LogP contribution in [0, 0.1) is 5.92 Å². The normalized spacial score (nSPS) is 25.1. The number of nitrogens with zero attached hydrogens (tertiary/aromatic N) is 2. The number of hydrogen-bond donors (Lipinski definition) is 1. The van der Waals surface area contributed by atoms with Gasteiger partial charge in [0.15, 0.2) is 5.82 Å². The Morgan fingerprint density at radius 2 is 2.24 bits per heavy atom. The van der Waals surface area contributed by atoms with Crippen LogP contribution in [0.3, 0.4) is 0 Å². The number of nitrogens with one attached hydrogen (secondary N) is 1. The van der Waals surface area contributed by atoms with Gasteiger partial charge in [0.1, 0.15) is 6.61 Å². The van der Waals surface area contributed by atoms with Gasteiger partial charge in [0, 0.05) is 0 Å². The summed E-state index contributed by atoms with van der Waals surface area (Å²) in [5, 5.41) is 7.43. The molecule has 0 aromatic carbocycles. The maximum atomic E-state index is 5.53. The molecule has 0 amide bonds. The molecule has 3 rings (SSSR count). The summed E-state index contributed by atoms with van der Waals surface area (Å²) in [6, 6.07) is 0.268. The van der Waals surface area contributed by atoms with Crippen LogP contribution in [0.5, 0.6) is 0 Å². The highest BCUT2D eigenvalue weighted by Gasteiger charge is 2.22. The van der Waals surface area contributed by atoms with Gasteiger partial charge >= 0.3 is 0 Å². The summed E-state index contributed by atoms with van der Waals surface area (Å²) in [7, 11) is 0. The summed E-state index contributed by atoms with van der Waals surface area (Å²) >= 11 is 0. The fourth-order valence-electron chi connectivity index (χ4n) is 2.14. The Morgan fingerprint density at radius 3 is 3.00 bits per heavy atom. The molecule has 0 unspecified atom stereocenters. The third-order valence-electron chi connectivity index (χ3n) is 3.38. The van der Waals surface area contributed by atoms with Crippen molar-refractivity contribution in [2.24, 2.45) is 5.92 Å². The van der Waals surface area contributed by atoms with E-state index in [0.717, 1.165) is 31.3 Å². The fourth-order valence-corrected chi connectivity index (χ4v) is 2.14. The Morgan fingerprint density at radius 1 is 1.29 bits per heavy atom. The fraction of sp³-hybridized carbons (Fsp3) is 0.833. The highest BCUT2D eigenvalue weighted by molar-refractivity contribution is 4.95. The molecule has 0 radical (unpaired) electrons. The first-order chi connectivity index (χ1) is 8.42. The van der Waals surface area contributed by atoms with Gasteiger partial charge in [-0.3, -0.25) is 0 Å². The van der Waals surface area contributed by atoms with Crippen molar-refractivity contribution >= 4 is 0 Å². The summed E-state index contributed by atoms with van der Waals surface area (Å²) in [5.41, 5.74) is 0. The molecule has 1 saturated carbocycles. The monoisotopic (exact) mass is 237 g/mol. The van der Waals surface area contributed by atoms with Crippen molar-refractivity contribution in [3.63, 3.8) is 0 Å². The lowest BCUT2D eigenvalue weighted by Gasteiger charge is -2.19. The van der Waals surface area contributed by atoms with Crippen LogP contribution < -0.4 is 5.32 Å². The maximum absolute atomic E-state index is 5.53. The molecule has 1 aliphatic heterocycles. The third kappa shape index (κ3) is 3.04. The van der Waals surface area contributed by atoms with Crippen molar-refractivity contribution in [3.05, 3.63) is 11.7 Å². The molecular weight excluding hydrogens is 218 g/mol. The molecule has 5 nitrogen and oxygen atoms in total. The van der Waals surface area contributed by atoms with Crippen LogP contribution in [0.15, 0.2) is 4.52 Å². The van der Waals surface area contributed by atoms with E-state index < -0.39 is 0 Å². The quantitative estimate of drug-likeness (QED) is 0.846. The number of ether oxygens (including phenoxy) is 1. The van der Waals surface area contributed by atoms with E-state index in [-0.39, 0.29) is 6.04 Å². The molecule has 1 aromatic rings. The molecule has 2 heterocycles. The summed E-state index contributed by atoms with van der Waals surface area (Å²) in [5.74, 6) is 2.17. The van der Waals surface area contributed by atoms with Gasteiger partial charge in [0.05, 0.1) is 12.6 Å². The SMILES string of the molecule is C1CC[C@@H](c2noc(COCC3CC3)n2)NC1. The Bertz CT molecular complexity index is 356. The lowest BCUT2D eigenvalue weighted by molar-refractivity contribution is 0.0894. The molecule has 0 spiro atoms. The molecular formula is C12H19N3O2. The van der Waals surface area contributed by atoms with Gasteiger partial charge < -0.3 is 14.6 Å². The summed E-state index contributed by atoms with van der Waals surface area (Å²) in [6.45, 7) is 2.34. The second-order valence-electron chi connectivity index (χ2n) is 5.01. The lowest BCUT2D eigenvalue weighted by atomic mass is 10.0. The van der Waals surface area contributed by atoms with E-state index in [0.29, 0.717) is 12.5 Å². The predicted octanol–water partition coefficient (Wildman–Crippen LogP) is 1.81. The number of hydrogen-bond acceptors (Lipinski definition) is 5. The van der Waals surface area contributed by atoms with Crippen molar-refractivity contribution in [3.8, 4) is 0 Å². The number of aromatic nitrogens is 2. The minimum Gasteiger partial charge on any atom is -0.371 e. The Hall–Kier alpha value is -0.940. The van der Waals surface area contributed by atoms with Crippen LogP contribution in [0.25, 0.3) is 0 Å². The zero-order chi connectivity index (χ0) is 11.5. The van der Waals surface area contributed by atoms with Gasteiger partial charge in [-0.25, -0.2) is 0 Å². The highest BCUT2D eigenvalue weighted by Crippen LogP contribution is 2.29. The van der Waals surface area contributed by atoms with Crippen LogP contribution >= 0.6 is 0 Å². The highest BCUT2D eigenvalue weighted by atomic mass is 16.5. The van der Waals surface area contributed by atoms with Gasteiger partial charge in [-0.1, -0.05) is 11.6 Å². The summed E-state index contributed by atoms with van der Waals surface area (Å²) < 4.78 is 10.7. The first-order valence-electron chi connectivity index (χ1n) is 6.55. The minimum absolute atomic E-state index is 0.268. The largest absolute Gasteiger partial charge is 0.371 e. The van der Waals surface area contributed by atoms with Gasteiger partial charge in [-0.2, -0.15) is 4.98 Å². The molecule has 0 bridgehead atoms. The predicted molar refractivity (Wildman–Crippen MR) is 61.3 cm³/mol. The molecule has 17 heavy (non-hydrogen) atoms. The van der Waals surface area contributed by atoms with Crippen LogP contribution in [-0.2, 0) is 11.3 Å². The van der Waals surface area contributed by atoms with Crippen LogP contribution in [0.1, 0.15) is 49.9 Å². The molecule has 1 aromatic heterocycles. The van der Waals surface area contributed by atoms with E-state index in [9.17, 15) is 0 Å².